The second-order valence-corrected chi connectivity index (χ2v) is 31.0. The number of carboxylic acid groups (broad SMARTS) is 1. The molecule has 5 rings (SSSR count). The van der Waals surface area contributed by atoms with Crippen LogP contribution in [0.4, 0.5) is 0 Å². The second-order valence-electron chi connectivity index (χ2n) is 31.0. The summed E-state index contributed by atoms with van der Waals surface area (Å²) in [7, 11) is 0. The zero-order chi connectivity index (χ0) is 83.0. The maximum absolute atomic E-state index is 13.6. The fourth-order valence-corrected chi connectivity index (χ4v) is 15.1. The molecule has 5 aliphatic heterocycles. The number of rotatable bonds is 57. The number of allylic oxidation sites excluding steroid dienone is 3. The lowest BCUT2D eigenvalue weighted by atomic mass is 9.88. The molecule has 34 heteroatoms. The molecule has 0 bridgehead atoms. The van der Waals surface area contributed by atoms with E-state index >= 15 is 0 Å². The van der Waals surface area contributed by atoms with Crippen LogP contribution < -0.4 is 16.0 Å². The Labute approximate surface area is 665 Å². The molecule has 0 aliphatic carbocycles. The molecular formula is C79H141N3O31. The number of hydrogen-bond acceptors (Lipinski definition) is 30. The molecule has 0 aromatic carbocycles. The second kappa shape index (κ2) is 54.5. The van der Waals surface area contributed by atoms with E-state index in [1.165, 1.54) is 128 Å². The number of amides is 3. The summed E-state index contributed by atoms with van der Waals surface area (Å²) in [6.45, 7) is 0.658. The molecule has 10 unspecified atom stereocenters. The first-order chi connectivity index (χ1) is 54.3. The van der Waals surface area contributed by atoms with Gasteiger partial charge in [-0.1, -0.05) is 192 Å². The van der Waals surface area contributed by atoms with Crippen molar-refractivity contribution in [1.29, 1.82) is 0 Å². The Balaban J connectivity index is 1.21. The molecule has 5 heterocycles. The average molecular weight is 1630 g/mol. The van der Waals surface area contributed by atoms with Crippen LogP contribution in [0.15, 0.2) is 24.3 Å². The minimum atomic E-state index is -3.20. The van der Waals surface area contributed by atoms with Crippen LogP contribution in [0, 0.1) is 0 Å². The first-order valence-electron chi connectivity index (χ1n) is 41.7. The van der Waals surface area contributed by atoms with Crippen molar-refractivity contribution in [2.24, 2.45) is 0 Å². The number of carboxylic acids is 1. The molecule has 0 saturated carbocycles. The van der Waals surface area contributed by atoms with E-state index < -0.39 is 235 Å². The lowest BCUT2D eigenvalue weighted by molar-refractivity contribution is -0.390. The summed E-state index contributed by atoms with van der Waals surface area (Å²) in [5.74, 6) is -7.32. The van der Waals surface area contributed by atoms with Crippen LogP contribution in [0.3, 0.4) is 0 Å². The van der Waals surface area contributed by atoms with Crippen LogP contribution >= 0.6 is 0 Å². The van der Waals surface area contributed by atoms with Crippen molar-refractivity contribution in [1.82, 2.24) is 16.0 Å². The van der Waals surface area contributed by atoms with E-state index in [0.717, 1.165) is 71.6 Å². The van der Waals surface area contributed by atoms with Gasteiger partial charge >= 0.3 is 5.97 Å². The van der Waals surface area contributed by atoms with E-state index in [4.69, 9.17) is 47.4 Å². The minimum absolute atomic E-state index is 0.169. The lowest BCUT2D eigenvalue weighted by Gasteiger charge is -2.51. The molecule has 5 saturated heterocycles. The van der Waals surface area contributed by atoms with E-state index in [2.05, 4.69) is 41.9 Å². The van der Waals surface area contributed by atoms with Gasteiger partial charge in [0.2, 0.25) is 17.7 Å². The number of aliphatic hydroxyl groups excluding tert-OH is 16. The highest BCUT2D eigenvalue weighted by Gasteiger charge is 2.61. The Bertz CT molecular complexity index is 2660. The third-order valence-corrected chi connectivity index (χ3v) is 21.7. The third kappa shape index (κ3) is 32.4. The van der Waals surface area contributed by atoms with Gasteiger partial charge in [-0.25, -0.2) is 4.79 Å². The summed E-state index contributed by atoms with van der Waals surface area (Å²) in [5, 5.41) is 197. The normalized spacial score (nSPS) is 33.5. The summed E-state index contributed by atoms with van der Waals surface area (Å²) in [4.78, 5) is 51.8. The molecule has 5 fully saturated rings. The van der Waals surface area contributed by atoms with Crippen molar-refractivity contribution in [3.05, 3.63) is 24.3 Å². The predicted molar refractivity (Wildman–Crippen MR) is 406 cm³/mol. The highest BCUT2D eigenvalue weighted by Crippen LogP contribution is 2.40. The highest BCUT2D eigenvalue weighted by molar-refractivity contribution is 5.77. The van der Waals surface area contributed by atoms with Crippen LogP contribution in [-0.2, 0) is 66.5 Å². The van der Waals surface area contributed by atoms with Gasteiger partial charge in [-0.15, -0.1) is 0 Å². The molecule has 658 valence electrons. The number of carbonyl (C=O) groups excluding carboxylic acids is 3. The molecule has 28 atom stereocenters. The Hall–Kier alpha value is -3.68. The maximum Gasteiger partial charge on any atom is 0.364 e. The molecule has 0 aromatic heterocycles. The fraction of sp³-hybridized carbons (Fsp3) is 0.899. The predicted octanol–water partition coefficient (Wildman–Crippen LogP) is 1.07. The van der Waals surface area contributed by atoms with Gasteiger partial charge in [-0.05, 0) is 44.9 Å². The quantitative estimate of drug-likeness (QED) is 0.0299. The van der Waals surface area contributed by atoms with Crippen LogP contribution in [0.25, 0.3) is 0 Å². The maximum atomic E-state index is 13.6. The van der Waals surface area contributed by atoms with Crippen LogP contribution in [0.1, 0.15) is 240 Å². The highest BCUT2D eigenvalue weighted by atomic mass is 16.8. The van der Waals surface area contributed by atoms with Gasteiger partial charge in [0.05, 0.1) is 63.9 Å². The Morgan fingerprint density at radius 2 is 0.867 bits per heavy atom. The Morgan fingerprint density at radius 1 is 0.460 bits per heavy atom. The molecule has 113 heavy (non-hydrogen) atoms. The van der Waals surface area contributed by atoms with Gasteiger partial charge in [0.15, 0.2) is 25.2 Å². The number of carbonyl (C=O) groups is 4. The Morgan fingerprint density at radius 3 is 1.33 bits per heavy atom. The van der Waals surface area contributed by atoms with Crippen LogP contribution in [-0.4, -0.2) is 321 Å². The van der Waals surface area contributed by atoms with Crippen LogP contribution in [0.5, 0.6) is 0 Å². The fourth-order valence-electron chi connectivity index (χ4n) is 15.1. The number of unbranched alkanes of at least 4 members (excludes halogenated alkanes) is 28. The molecule has 0 spiro atoms. The lowest BCUT2D eigenvalue weighted by Crippen LogP contribution is -2.71. The van der Waals surface area contributed by atoms with Crippen molar-refractivity contribution < 1.29 is 153 Å². The first kappa shape index (κ1) is 99.9. The van der Waals surface area contributed by atoms with Crippen molar-refractivity contribution in [2.45, 2.75) is 411 Å². The molecule has 20 N–H and O–H groups in total. The summed E-state index contributed by atoms with van der Waals surface area (Å²) >= 11 is 0. The van der Waals surface area contributed by atoms with Gasteiger partial charge < -0.3 is 150 Å². The topological polar surface area (TPSA) is 541 Å². The molecule has 0 aromatic rings. The van der Waals surface area contributed by atoms with Crippen molar-refractivity contribution in [3.8, 4) is 0 Å². The standard InChI is InChI=1S/C79H141N3O31/c1-5-7-9-11-13-15-17-19-20-21-22-23-24-25-26-28-30-32-34-36-38-40-58(93)82-50(51(90)39-37-35-33-31-29-27-18-16-14-12-10-8-6-2)47-104-75-66(99)65(98)70(57(46-87)108-75)110-76-67(100)72(62(95)54(43-84)105-76)111-74-60(81-49(4)89)64(97)69(56(45-86)107-74)109-77-68(101)73(63(96)55(44-85)106-77)113-79(78(102)103)41-52(91)59(80-48(3)88)71(112-79)61(94)53(92)42-83/h19-20,37,39,50-57,59-77,83-87,90-92,94-101H,5-18,21-36,38,40-47H2,1-4H3,(H,80,88)(H,81,89)(H,82,93)(H,102,103)/b20-19-,39-37+/t50-,51+,52?,53+,54?,55?,56?,57?,59+,60?,61+,62-,63-,64+,65+,66?,67?,68?,69+,70+,71?,72-,73-,74-,75+,76-,77-,79-/m0/s1. The smallest absolute Gasteiger partial charge is 0.364 e. The van der Waals surface area contributed by atoms with Gasteiger partial charge in [0, 0.05) is 26.7 Å². The molecule has 3 amide bonds. The zero-order valence-corrected chi connectivity index (χ0v) is 66.8. The van der Waals surface area contributed by atoms with Crippen molar-refractivity contribution in [3.63, 3.8) is 0 Å². The molecular weight excluding hydrogens is 1490 g/mol. The van der Waals surface area contributed by atoms with Gasteiger partial charge in [0.1, 0.15) is 116 Å². The van der Waals surface area contributed by atoms with E-state index in [-0.39, 0.29) is 12.3 Å². The van der Waals surface area contributed by atoms with Crippen molar-refractivity contribution in [2.75, 3.05) is 39.6 Å². The largest absolute Gasteiger partial charge is 0.477 e. The SMILES string of the molecule is CCCCCCCC/C=C\CCCCCCCCCCCCCC(=O)N[C@@H](CO[C@@H]1OC(CO)[C@@H](O[C@@H]2OC(CO)[C@H](O)[C@H](O[C@@H]3OC(CO)[C@@H](O[C@@H]4OC(CO)[C@H](O)[C@H](O[C@]5(C(=O)O)CC(O)[C@@H](NC(C)=O)C([C@H](O)[C@H](O)CO)O5)C4O)[C@H](O)C3NC(C)=O)C2O)[C@H](O)C1O)[C@H](O)/C=C/CCCCCCCCCCCCC. The number of nitrogens with one attached hydrogen (secondary N) is 3. The monoisotopic (exact) mass is 1630 g/mol. The summed E-state index contributed by atoms with van der Waals surface area (Å²) < 4.78 is 58.8. The summed E-state index contributed by atoms with van der Waals surface area (Å²) in [6, 6.07) is -4.61. The first-order valence-corrected chi connectivity index (χ1v) is 41.7. The number of aliphatic carboxylic acids is 1. The van der Waals surface area contributed by atoms with Crippen molar-refractivity contribution >= 4 is 23.7 Å². The zero-order valence-electron chi connectivity index (χ0n) is 66.8. The Kier molecular flexibility index (Phi) is 48.2. The van der Waals surface area contributed by atoms with E-state index in [1.807, 2.05) is 6.08 Å². The number of ether oxygens (including phenoxy) is 10. The van der Waals surface area contributed by atoms with Crippen LogP contribution in [0.2, 0.25) is 0 Å². The number of hydrogen-bond donors (Lipinski definition) is 20. The van der Waals surface area contributed by atoms with E-state index in [1.54, 1.807) is 6.08 Å². The number of aliphatic hydroxyl groups is 16. The van der Waals surface area contributed by atoms with Gasteiger partial charge in [-0.3, -0.25) is 14.4 Å². The summed E-state index contributed by atoms with van der Waals surface area (Å²) in [5.41, 5.74) is 0. The molecule has 0 radical (unpaired) electrons. The third-order valence-electron chi connectivity index (χ3n) is 21.7. The van der Waals surface area contributed by atoms with E-state index in [9.17, 15) is 106 Å². The summed E-state index contributed by atoms with van der Waals surface area (Å²) in [6.07, 6.45) is -5.08. The van der Waals surface area contributed by atoms with E-state index in [0.29, 0.717) is 12.8 Å². The molecule has 34 nitrogen and oxygen atoms in total. The molecule has 5 aliphatic rings. The minimum Gasteiger partial charge on any atom is -0.477 e. The van der Waals surface area contributed by atoms with Gasteiger partial charge in [0.25, 0.3) is 5.79 Å². The van der Waals surface area contributed by atoms with Gasteiger partial charge in [-0.2, -0.15) is 0 Å². The average Bonchev–Trinajstić information content (AvgIpc) is 0.752.